The quantitative estimate of drug-likeness (QED) is 0.525. The number of amides is 2. The molecule has 7 nitrogen and oxygen atoms in total. The van der Waals surface area contributed by atoms with Crippen LogP contribution >= 0.6 is 0 Å². The van der Waals surface area contributed by atoms with Crippen molar-refractivity contribution >= 4 is 17.6 Å². The highest BCUT2D eigenvalue weighted by molar-refractivity contribution is 5.98. The Bertz CT molecular complexity index is 939. The largest absolute Gasteiger partial charge is 0.497 e. The highest BCUT2D eigenvalue weighted by Gasteiger charge is 2.50. The molecule has 2 aromatic carbocycles. The lowest BCUT2D eigenvalue weighted by Gasteiger charge is -2.24. The summed E-state index contributed by atoms with van der Waals surface area (Å²) in [5, 5.41) is 5.66. The van der Waals surface area contributed by atoms with Gasteiger partial charge in [-0.15, -0.1) is 0 Å². The van der Waals surface area contributed by atoms with E-state index in [1.807, 2.05) is 42.5 Å². The van der Waals surface area contributed by atoms with Crippen LogP contribution in [0.15, 0.2) is 54.6 Å². The van der Waals surface area contributed by atoms with E-state index in [1.54, 1.807) is 33.1 Å². The van der Waals surface area contributed by atoms with Crippen LogP contribution in [0, 0.1) is 0 Å². The summed E-state index contributed by atoms with van der Waals surface area (Å²) < 4.78 is 10.5. The van der Waals surface area contributed by atoms with E-state index in [0.29, 0.717) is 25.2 Å². The first kappa shape index (κ1) is 23.5. The monoisotopic (exact) mass is 438 g/mol. The number of epoxide rings is 1. The van der Waals surface area contributed by atoms with Crippen LogP contribution in [-0.2, 0) is 32.0 Å². The average molecular weight is 439 g/mol. The van der Waals surface area contributed by atoms with Gasteiger partial charge in [-0.05, 0) is 36.6 Å². The molecule has 32 heavy (non-hydrogen) atoms. The summed E-state index contributed by atoms with van der Waals surface area (Å²) >= 11 is 0. The molecule has 3 unspecified atom stereocenters. The number of rotatable bonds is 11. The van der Waals surface area contributed by atoms with Gasteiger partial charge in [0.1, 0.15) is 17.4 Å². The van der Waals surface area contributed by atoms with Crippen LogP contribution in [0.4, 0.5) is 0 Å². The van der Waals surface area contributed by atoms with Gasteiger partial charge >= 0.3 is 0 Å². The van der Waals surface area contributed by atoms with Crippen LogP contribution in [0.5, 0.6) is 5.75 Å². The Balaban J connectivity index is 1.77. The number of nitrogens with one attached hydrogen (secondary N) is 2. The van der Waals surface area contributed by atoms with Gasteiger partial charge in [-0.2, -0.15) is 0 Å². The molecule has 3 atom stereocenters. The topological polar surface area (TPSA) is 97.0 Å². The molecule has 0 aromatic heterocycles. The third-order valence-electron chi connectivity index (χ3n) is 5.59. The minimum absolute atomic E-state index is 0.167. The number of hydrogen-bond donors (Lipinski definition) is 2. The van der Waals surface area contributed by atoms with E-state index in [1.165, 1.54) is 0 Å². The van der Waals surface area contributed by atoms with Crippen molar-refractivity contribution in [3.05, 3.63) is 65.7 Å². The first-order chi connectivity index (χ1) is 15.3. The molecule has 0 bridgehead atoms. The maximum Gasteiger partial charge on any atom is 0.243 e. The van der Waals surface area contributed by atoms with Crippen molar-refractivity contribution in [2.24, 2.45) is 0 Å². The molecule has 2 aromatic rings. The third kappa shape index (κ3) is 6.17. The van der Waals surface area contributed by atoms with E-state index in [4.69, 9.17) is 9.47 Å². The van der Waals surface area contributed by atoms with E-state index in [2.05, 4.69) is 10.6 Å². The van der Waals surface area contributed by atoms with Gasteiger partial charge in [0.05, 0.1) is 19.8 Å². The van der Waals surface area contributed by atoms with Gasteiger partial charge in [0, 0.05) is 12.8 Å². The van der Waals surface area contributed by atoms with Gasteiger partial charge < -0.3 is 20.1 Å². The van der Waals surface area contributed by atoms with Gasteiger partial charge in [-0.25, -0.2) is 0 Å². The number of carbonyl (C=O) groups excluding carboxylic acids is 3. The number of ketones is 1. The fourth-order valence-electron chi connectivity index (χ4n) is 3.45. The van der Waals surface area contributed by atoms with Crippen LogP contribution in [0.3, 0.4) is 0 Å². The van der Waals surface area contributed by atoms with Crippen molar-refractivity contribution in [2.75, 3.05) is 13.7 Å². The van der Waals surface area contributed by atoms with Gasteiger partial charge in [0.15, 0.2) is 5.78 Å². The molecule has 1 saturated heterocycles. The Hall–Kier alpha value is -3.19. The van der Waals surface area contributed by atoms with E-state index in [-0.39, 0.29) is 18.1 Å². The number of carbonyl (C=O) groups is 3. The summed E-state index contributed by atoms with van der Waals surface area (Å²) in [7, 11) is 1.58. The summed E-state index contributed by atoms with van der Waals surface area (Å²) in [4.78, 5) is 38.4. The summed E-state index contributed by atoms with van der Waals surface area (Å²) in [6.07, 6.45) is 0.896. The molecule has 1 heterocycles. The summed E-state index contributed by atoms with van der Waals surface area (Å²) in [6, 6.07) is 15.2. The minimum Gasteiger partial charge on any atom is -0.497 e. The first-order valence-corrected chi connectivity index (χ1v) is 10.8. The number of Topliss-reactive ketones (excluding diaryl/α,β-unsaturated/α-hetero) is 1. The average Bonchev–Trinajstić information content (AvgIpc) is 3.57. The van der Waals surface area contributed by atoms with Crippen LogP contribution in [-0.4, -0.2) is 49.0 Å². The molecular formula is C25H30N2O5. The van der Waals surface area contributed by atoms with Crippen LogP contribution in [0.2, 0.25) is 0 Å². The standard InChI is InChI=1S/C25H30N2O5/c1-4-22(28)26-21(15-18-10-12-19(31-3)13-11-18)24(30)27-20(23(29)25(2)16-32-25)14-17-8-6-5-7-9-17/h5-13,20-21H,4,14-16H2,1-3H3,(H,26,28)(H,27,30). The number of benzene rings is 2. The molecule has 170 valence electrons. The number of ether oxygens (including phenoxy) is 2. The lowest BCUT2D eigenvalue weighted by Crippen LogP contribution is -2.54. The fourth-order valence-corrected chi connectivity index (χ4v) is 3.45. The second kappa shape index (κ2) is 10.4. The van der Waals surface area contributed by atoms with E-state index >= 15 is 0 Å². The second-order valence-corrected chi connectivity index (χ2v) is 8.16. The maximum atomic E-state index is 13.2. The van der Waals surface area contributed by atoms with Crippen molar-refractivity contribution in [3.8, 4) is 5.75 Å². The van der Waals surface area contributed by atoms with Crippen LogP contribution < -0.4 is 15.4 Å². The SMILES string of the molecule is CCC(=O)NC(Cc1ccc(OC)cc1)C(=O)NC(Cc1ccccc1)C(=O)C1(C)CO1. The third-order valence-corrected chi connectivity index (χ3v) is 5.59. The fraction of sp³-hybridized carbons (Fsp3) is 0.400. The Kier molecular flexibility index (Phi) is 7.64. The first-order valence-electron chi connectivity index (χ1n) is 10.8. The van der Waals surface area contributed by atoms with Gasteiger partial charge in [-0.3, -0.25) is 14.4 Å². The zero-order valence-corrected chi connectivity index (χ0v) is 18.7. The summed E-state index contributed by atoms with van der Waals surface area (Å²) in [6.45, 7) is 3.80. The highest BCUT2D eigenvalue weighted by Crippen LogP contribution is 2.29. The Morgan fingerprint density at radius 1 is 0.969 bits per heavy atom. The molecule has 7 heteroatoms. The molecule has 2 N–H and O–H groups in total. The lowest BCUT2D eigenvalue weighted by molar-refractivity contribution is -0.132. The van der Waals surface area contributed by atoms with Crippen molar-refractivity contribution < 1.29 is 23.9 Å². The Labute approximate surface area is 188 Å². The van der Waals surface area contributed by atoms with Crippen LogP contribution in [0.25, 0.3) is 0 Å². The Morgan fingerprint density at radius 2 is 1.56 bits per heavy atom. The molecule has 0 aliphatic carbocycles. The van der Waals surface area contributed by atoms with Gasteiger partial charge in [0.2, 0.25) is 11.8 Å². The lowest BCUT2D eigenvalue weighted by atomic mass is 9.94. The molecule has 2 amide bonds. The van der Waals surface area contributed by atoms with E-state index in [9.17, 15) is 14.4 Å². The number of methoxy groups -OCH3 is 1. The Morgan fingerprint density at radius 3 is 2.12 bits per heavy atom. The van der Waals surface area contributed by atoms with E-state index < -0.39 is 23.6 Å². The molecule has 0 spiro atoms. The zero-order valence-electron chi connectivity index (χ0n) is 18.7. The van der Waals surface area contributed by atoms with Crippen molar-refractivity contribution in [2.45, 2.75) is 50.8 Å². The summed E-state index contributed by atoms with van der Waals surface area (Å²) in [5.74, 6) is -0.0958. The van der Waals surface area contributed by atoms with Gasteiger partial charge in [0.25, 0.3) is 0 Å². The van der Waals surface area contributed by atoms with Crippen molar-refractivity contribution in [1.82, 2.24) is 10.6 Å². The summed E-state index contributed by atoms with van der Waals surface area (Å²) in [5.41, 5.74) is 0.927. The molecule has 0 radical (unpaired) electrons. The molecule has 1 aliphatic heterocycles. The molecule has 3 rings (SSSR count). The normalized spacial score (nSPS) is 18.8. The predicted octanol–water partition coefficient (Wildman–Crippen LogP) is 2.22. The highest BCUT2D eigenvalue weighted by atomic mass is 16.6. The molecule has 0 saturated carbocycles. The molecular weight excluding hydrogens is 408 g/mol. The second-order valence-electron chi connectivity index (χ2n) is 8.16. The molecule has 1 aliphatic rings. The zero-order chi connectivity index (χ0) is 23.1. The van der Waals surface area contributed by atoms with E-state index in [0.717, 1.165) is 11.1 Å². The predicted molar refractivity (Wildman–Crippen MR) is 120 cm³/mol. The van der Waals surface area contributed by atoms with Gasteiger partial charge in [-0.1, -0.05) is 49.4 Å². The maximum absolute atomic E-state index is 13.2. The van der Waals surface area contributed by atoms with Crippen molar-refractivity contribution in [3.63, 3.8) is 0 Å². The minimum atomic E-state index is -0.870. The smallest absolute Gasteiger partial charge is 0.243 e. The number of hydrogen-bond acceptors (Lipinski definition) is 5. The molecule has 1 fully saturated rings. The van der Waals surface area contributed by atoms with Crippen LogP contribution in [0.1, 0.15) is 31.4 Å². The van der Waals surface area contributed by atoms with Crippen molar-refractivity contribution in [1.29, 1.82) is 0 Å².